The zero-order valence-electron chi connectivity index (χ0n) is 10.5. The number of benzene rings is 1. The molecule has 0 bridgehead atoms. The highest BCUT2D eigenvalue weighted by molar-refractivity contribution is 7.95. The molecule has 0 aliphatic carbocycles. The van der Waals surface area contributed by atoms with Crippen molar-refractivity contribution in [1.29, 1.82) is 0 Å². The van der Waals surface area contributed by atoms with Crippen LogP contribution < -0.4 is 5.73 Å². The van der Waals surface area contributed by atoms with Gasteiger partial charge in [0.05, 0.1) is 12.0 Å². The molecule has 0 saturated carbocycles. The molecule has 0 spiro atoms. The van der Waals surface area contributed by atoms with Gasteiger partial charge in [0.2, 0.25) is 0 Å². The molecule has 0 saturated heterocycles. The summed E-state index contributed by atoms with van der Waals surface area (Å²) in [5, 5.41) is 8.47. The molecule has 0 aromatic heterocycles. The first-order valence-corrected chi connectivity index (χ1v) is 6.85. The number of carbonyl (C=O) groups is 2. The van der Waals surface area contributed by atoms with Crippen LogP contribution in [0.3, 0.4) is 0 Å². The molecular formula is C13H17NO4S. The van der Waals surface area contributed by atoms with E-state index in [1.54, 1.807) is 0 Å². The SMILES string of the molecule is NC(CCC(=O)O)C(=O)OSCCc1ccccc1. The first-order valence-electron chi connectivity index (χ1n) is 5.94. The Morgan fingerprint density at radius 3 is 2.63 bits per heavy atom. The van der Waals surface area contributed by atoms with Crippen molar-refractivity contribution in [1.82, 2.24) is 0 Å². The van der Waals surface area contributed by atoms with Crippen LogP contribution in [0.1, 0.15) is 18.4 Å². The Morgan fingerprint density at radius 2 is 2.00 bits per heavy atom. The minimum atomic E-state index is -0.972. The highest BCUT2D eigenvalue weighted by Gasteiger charge is 2.16. The van der Waals surface area contributed by atoms with Crippen molar-refractivity contribution in [3.8, 4) is 0 Å². The van der Waals surface area contributed by atoms with Gasteiger partial charge in [0, 0.05) is 12.2 Å². The number of aliphatic carboxylic acids is 1. The van der Waals surface area contributed by atoms with E-state index in [1.165, 1.54) is 5.56 Å². The molecule has 19 heavy (non-hydrogen) atoms. The summed E-state index contributed by atoms with van der Waals surface area (Å²) < 4.78 is 4.92. The molecule has 6 heteroatoms. The molecule has 0 radical (unpaired) electrons. The fourth-order valence-corrected chi connectivity index (χ4v) is 2.00. The second-order valence-electron chi connectivity index (χ2n) is 4.00. The molecule has 0 aliphatic rings. The van der Waals surface area contributed by atoms with Crippen molar-refractivity contribution in [3.63, 3.8) is 0 Å². The van der Waals surface area contributed by atoms with Crippen LogP contribution in [0.4, 0.5) is 0 Å². The first-order chi connectivity index (χ1) is 9.09. The molecule has 104 valence electrons. The molecule has 1 aromatic carbocycles. The largest absolute Gasteiger partial charge is 0.481 e. The van der Waals surface area contributed by atoms with Crippen LogP contribution in [-0.4, -0.2) is 28.8 Å². The number of carbonyl (C=O) groups excluding carboxylic acids is 1. The van der Waals surface area contributed by atoms with E-state index in [4.69, 9.17) is 15.0 Å². The summed E-state index contributed by atoms with van der Waals surface area (Å²) in [5.74, 6) is -0.902. The van der Waals surface area contributed by atoms with Crippen LogP contribution in [0, 0.1) is 0 Å². The van der Waals surface area contributed by atoms with Crippen LogP contribution in [0.25, 0.3) is 0 Å². The van der Waals surface area contributed by atoms with Crippen LogP contribution in [0.15, 0.2) is 30.3 Å². The fourth-order valence-electron chi connectivity index (χ4n) is 1.36. The second kappa shape index (κ2) is 8.55. The van der Waals surface area contributed by atoms with Gasteiger partial charge < -0.3 is 15.0 Å². The van der Waals surface area contributed by atoms with Crippen LogP contribution >= 0.6 is 12.0 Å². The summed E-state index contributed by atoms with van der Waals surface area (Å²) in [6.07, 6.45) is 0.751. The van der Waals surface area contributed by atoms with E-state index in [2.05, 4.69) is 0 Å². The molecule has 0 amide bonds. The normalized spacial score (nSPS) is 11.8. The van der Waals surface area contributed by atoms with Gasteiger partial charge in [0.1, 0.15) is 6.04 Å². The Bertz CT molecular complexity index is 410. The van der Waals surface area contributed by atoms with Crippen molar-refractivity contribution >= 4 is 24.0 Å². The number of aryl methyl sites for hydroxylation is 1. The number of hydrogen-bond donors (Lipinski definition) is 2. The van der Waals surface area contributed by atoms with E-state index in [9.17, 15) is 9.59 Å². The van der Waals surface area contributed by atoms with Gasteiger partial charge in [-0.25, -0.2) is 4.79 Å². The summed E-state index contributed by atoms with van der Waals surface area (Å²) in [6, 6.07) is 8.97. The lowest BCUT2D eigenvalue weighted by Crippen LogP contribution is -2.31. The van der Waals surface area contributed by atoms with E-state index in [1.807, 2.05) is 30.3 Å². The minimum Gasteiger partial charge on any atom is -0.481 e. The first kappa shape index (κ1) is 15.5. The molecule has 3 N–H and O–H groups in total. The molecule has 1 unspecified atom stereocenters. The molecule has 1 aromatic rings. The van der Waals surface area contributed by atoms with Gasteiger partial charge in [-0.15, -0.1) is 0 Å². The zero-order valence-corrected chi connectivity index (χ0v) is 11.3. The predicted molar refractivity (Wildman–Crippen MR) is 73.5 cm³/mol. The second-order valence-corrected chi connectivity index (χ2v) is 4.81. The van der Waals surface area contributed by atoms with E-state index in [-0.39, 0.29) is 12.8 Å². The third kappa shape index (κ3) is 6.83. The minimum absolute atomic E-state index is 0.0907. The lowest BCUT2D eigenvalue weighted by Gasteiger charge is -2.08. The van der Waals surface area contributed by atoms with Crippen LogP contribution in [0.5, 0.6) is 0 Å². The third-order valence-electron chi connectivity index (χ3n) is 2.43. The Labute approximate surface area is 116 Å². The van der Waals surface area contributed by atoms with E-state index < -0.39 is 18.0 Å². The van der Waals surface area contributed by atoms with E-state index in [0.29, 0.717) is 5.75 Å². The maximum absolute atomic E-state index is 11.4. The van der Waals surface area contributed by atoms with Gasteiger partial charge in [0.25, 0.3) is 0 Å². The topological polar surface area (TPSA) is 89.6 Å². The van der Waals surface area contributed by atoms with Gasteiger partial charge >= 0.3 is 11.9 Å². The van der Waals surface area contributed by atoms with E-state index in [0.717, 1.165) is 18.5 Å². The van der Waals surface area contributed by atoms with Crippen molar-refractivity contribution in [2.24, 2.45) is 5.73 Å². The molecule has 0 fully saturated rings. The molecule has 0 aliphatic heterocycles. The summed E-state index contributed by atoms with van der Waals surface area (Å²) in [7, 11) is 0. The van der Waals surface area contributed by atoms with Gasteiger partial charge in [0.15, 0.2) is 0 Å². The summed E-state index contributed by atoms with van der Waals surface area (Å²) in [6.45, 7) is 0. The van der Waals surface area contributed by atoms with Gasteiger partial charge in [-0.1, -0.05) is 30.3 Å². The lowest BCUT2D eigenvalue weighted by atomic mass is 10.2. The maximum Gasteiger partial charge on any atom is 0.334 e. The molecule has 1 rings (SSSR count). The zero-order chi connectivity index (χ0) is 14.1. The smallest absolute Gasteiger partial charge is 0.334 e. The average Bonchev–Trinajstić information content (AvgIpc) is 2.41. The fraction of sp³-hybridized carbons (Fsp3) is 0.385. The van der Waals surface area contributed by atoms with Gasteiger partial charge in [-0.3, -0.25) is 4.79 Å². The molecular weight excluding hydrogens is 266 g/mol. The lowest BCUT2D eigenvalue weighted by molar-refractivity contribution is -0.138. The average molecular weight is 283 g/mol. The quantitative estimate of drug-likeness (QED) is 0.556. The number of nitrogens with two attached hydrogens (primary N) is 1. The number of carboxylic acid groups (broad SMARTS) is 1. The van der Waals surface area contributed by atoms with E-state index >= 15 is 0 Å². The summed E-state index contributed by atoms with van der Waals surface area (Å²) in [4.78, 5) is 21.7. The van der Waals surface area contributed by atoms with Gasteiger partial charge in [-0.05, 0) is 18.4 Å². The Kier molecular flexibility index (Phi) is 6.99. The Morgan fingerprint density at radius 1 is 1.32 bits per heavy atom. The predicted octanol–water partition coefficient (Wildman–Crippen LogP) is 1.61. The summed E-state index contributed by atoms with van der Waals surface area (Å²) >= 11 is 1.04. The Balaban J connectivity index is 2.15. The number of rotatable bonds is 8. The van der Waals surface area contributed by atoms with Gasteiger partial charge in [-0.2, -0.15) is 0 Å². The molecule has 0 heterocycles. The Hall–Kier alpha value is -1.53. The van der Waals surface area contributed by atoms with Crippen LogP contribution in [-0.2, 0) is 20.2 Å². The standard InChI is InChI=1S/C13H17NO4S/c14-11(6-7-12(15)16)13(17)18-19-9-8-10-4-2-1-3-5-10/h1-5,11H,6-9,14H2,(H,15,16). The third-order valence-corrected chi connectivity index (χ3v) is 3.08. The monoisotopic (exact) mass is 283 g/mol. The van der Waals surface area contributed by atoms with Crippen molar-refractivity contribution < 1.29 is 18.9 Å². The summed E-state index contributed by atoms with van der Waals surface area (Å²) in [5.41, 5.74) is 6.68. The number of hydrogen-bond acceptors (Lipinski definition) is 5. The number of carboxylic acids is 1. The van der Waals surface area contributed by atoms with Crippen molar-refractivity contribution in [2.75, 3.05) is 5.75 Å². The molecule has 5 nitrogen and oxygen atoms in total. The van der Waals surface area contributed by atoms with Crippen LogP contribution in [0.2, 0.25) is 0 Å². The van der Waals surface area contributed by atoms with Crippen molar-refractivity contribution in [3.05, 3.63) is 35.9 Å². The maximum atomic E-state index is 11.4. The van der Waals surface area contributed by atoms with Crippen molar-refractivity contribution in [2.45, 2.75) is 25.3 Å². The molecule has 1 atom stereocenters. The highest BCUT2D eigenvalue weighted by atomic mass is 32.2. The highest BCUT2D eigenvalue weighted by Crippen LogP contribution is 2.10.